The summed E-state index contributed by atoms with van der Waals surface area (Å²) in [6, 6.07) is 18.1. The Hall–Kier alpha value is -2.77. The van der Waals surface area contributed by atoms with E-state index in [0.717, 1.165) is 84.1 Å². The highest BCUT2D eigenvalue weighted by Crippen LogP contribution is 2.34. The Morgan fingerprint density at radius 3 is 2.49 bits per heavy atom. The number of amides is 1. The van der Waals surface area contributed by atoms with Crippen molar-refractivity contribution in [2.75, 3.05) is 32.8 Å². The average molecular weight is 564 g/mol. The van der Waals surface area contributed by atoms with Gasteiger partial charge in [-0.1, -0.05) is 45.4 Å². The maximum absolute atomic E-state index is 13.4. The van der Waals surface area contributed by atoms with Gasteiger partial charge in [0.05, 0.1) is 11.2 Å². The van der Waals surface area contributed by atoms with Gasteiger partial charge in [-0.05, 0) is 88.5 Å². The first-order chi connectivity index (χ1) is 18.0. The molecule has 3 aromatic rings. The van der Waals surface area contributed by atoms with Crippen molar-refractivity contribution >= 4 is 38.5 Å². The number of rotatable bonds is 6. The van der Waals surface area contributed by atoms with E-state index >= 15 is 0 Å². The van der Waals surface area contributed by atoms with Gasteiger partial charge in [-0.25, -0.2) is 0 Å². The van der Waals surface area contributed by atoms with E-state index in [0.29, 0.717) is 12.5 Å². The number of nitrogens with zero attached hydrogens (tertiary/aromatic N) is 4. The highest BCUT2D eigenvalue weighted by molar-refractivity contribution is 9.10. The number of pyridine rings is 1. The van der Waals surface area contributed by atoms with Crippen LogP contribution in [-0.2, 0) is 4.84 Å². The van der Waals surface area contributed by atoms with Crippen LogP contribution in [0, 0.1) is 5.92 Å². The standard InChI is InChI=1S/C30H35BrN4O2/c1-3-37-33-28(22-9-11-24(31)12-10-22)23-13-18-35(19-14-23)30(2)15-20-34(21-16-30)29(36)26-6-4-8-27-25(26)7-5-17-32-27/h4-12,17,23H,3,13-16,18-21H2,1-2H3. The maximum Gasteiger partial charge on any atom is 0.254 e. The molecule has 2 aliphatic rings. The molecule has 0 radical (unpaired) electrons. The summed E-state index contributed by atoms with van der Waals surface area (Å²) in [6.07, 6.45) is 5.86. The first-order valence-electron chi connectivity index (χ1n) is 13.3. The third-order valence-corrected chi connectivity index (χ3v) is 8.61. The Balaban J connectivity index is 1.21. The van der Waals surface area contributed by atoms with E-state index in [1.54, 1.807) is 6.20 Å². The van der Waals surface area contributed by atoms with Gasteiger partial charge in [-0.2, -0.15) is 0 Å². The number of fused-ring (bicyclic) bond motifs is 1. The van der Waals surface area contributed by atoms with Crippen LogP contribution in [0.1, 0.15) is 55.5 Å². The number of likely N-dealkylation sites (tertiary alicyclic amines) is 2. The summed E-state index contributed by atoms with van der Waals surface area (Å²) in [5.41, 5.74) is 3.93. The van der Waals surface area contributed by atoms with Crippen molar-refractivity contribution in [3.63, 3.8) is 0 Å². The maximum atomic E-state index is 13.4. The first-order valence-corrected chi connectivity index (χ1v) is 14.1. The SMILES string of the molecule is CCON=C(c1ccc(Br)cc1)C1CCN(C2(C)CCN(C(=O)c3cccc4ncccc34)CC2)CC1. The topological polar surface area (TPSA) is 58.0 Å². The number of hydrogen-bond donors (Lipinski definition) is 0. The number of halogens is 1. The number of carbonyl (C=O) groups excluding carboxylic acids is 1. The predicted octanol–water partition coefficient (Wildman–Crippen LogP) is 6.14. The molecule has 0 spiro atoms. The molecule has 2 aromatic carbocycles. The molecule has 0 atom stereocenters. The van der Waals surface area contributed by atoms with Gasteiger partial charge in [0, 0.05) is 46.2 Å². The number of carbonyl (C=O) groups is 1. The van der Waals surface area contributed by atoms with E-state index in [2.05, 4.69) is 62.2 Å². The lowest BCUT2D eigenvalue weighted by molar-refractivity contribution is 0.0162. The summed E-state index contributed by atoms with van der Waals surface area (Å²) >= 11 is 3.53. The second-order valence-electron chi connectivity index (χ2n) is 10.3. The predicted molar refractivity (Wildman–Crippen MR) is 152 cm³/mol. The number of oxime groups is 1. The molecule has 1 aromatic heterocycles. The summed E-state index contributed by atoms with van der Waals surface area (Å²) < 4.78 is 1.07. The number of benzene rings is 2. The van der Waals surface area contributed by atoms with Gasteiger partial charge in [0.2, 0.25) is 0 Å². The van der Waals surface area contributed by atoms with Crippen molar-refractivity contribution in [2.45, 2.75) is 45.1 Å². The van der Waals surface area contributed by atoms with E-state index in [1.807, 2.05) is 42.2 Å². The zero-order chi connectivity index (χ0) is 25.8. The van der Waals surface area contributed by atoms with E-state index in [-0.39, 0.29) is 11.4 Å². The molecule has 37 heavy (non-hydrogen) atoms. The van der Waals surface area contributed by atoms with E-state index in [9.17, 15) is 4.79 Å². The van der Waals surface area contributed by atoms with Crippen LogP contribution in [0.3, 0.4) is 0 Å². The molecule has 2 fully saturated rings. The van der Waals surface area contributed by atoms with E-state index in [4.69, 9.17) is 4.84 Å². The van der Waals surface area contributed by atoms with Crippen molar-refractivity contribution in [2.24, 2.45) is 11.1 Å². The van der Waals surface area contributed by atoms with Gasteiger partial charge in [0.25, 0.3) is 5.91 Å². The summed E-state index contributed by atoms with van der Waals surface area (Å²) in [6.45, 7) is 8.55. The number of aromatic nitrogens is 1. The van der Waals surface area contributed by atoms with Gasteiger partial charge in [0.15, 0.2) is 0 Å². The molecule has 2 aliphatic heterocycles. The van der Waals surface area contributed by atoms with Crippen molar-refractivity contribution in [3.8, 4) is 0 Å². The molecule has 0 N–H and O–H groups in total. The highest BCUT2D eigenvalue weighted by Gasteiger charge is 2.39. The zero-order valence-corrected chi connectivity index (χ0v) is 23.3. The number of piperidine rings is 2. The van der Waals surface area contributed by atoms with Gasteiger partial charge in [-0.15, -0.1) is 0 Å². The fourth-order valence-electron chi connectivity index (χ4n) is 5.78. The normalized spacial score (nSPS) is 19.2. The van der Waals surface area contributed by atoms with Crippen LogP contribution in [0.5, 0.6) is 0 Å². The second-order valence-corrected chi connectivity index (χ2v) is 11.2. The lowest BCUT2D eigenvalue weighted by atomic mass is 9.82. The smallest absolute Gasteiger partial charge is 0.254 e. The van der Waals surface area contributed by atoms with Crippen molar-refractivity contribution in [1.29, 1.82) is 0 Å². The minimum Gasteiger partial charge on any atom is -0.396 e. The van der Waals surface area contributed by atoms with Gasteiger partial charge in [0.1, 0.15) is 6.61 Å². The minimum absolute atomic E-state index is 0.108. The summed E-state index contributed by atoms with van der Waals surface area (Å²) in [4.78, 5) is 28.0. The molecule has 0 aliphatic carbocycles. The quantitative estimate of drug-likeness (QED) is 0.267. The molecule has 1 amide bonds. The number of hydrogen-bond acceptors (Lipinski definition) is 5. The van der Waals surface area contributed by atoms with Crippen molar-refractivity contribution < 1.29 is 9.63 Å². The third kappa shape index (κ3) is 5.58. The Labute approximate surface area is 227 Å². The highest BCUT2D eigenvalue weighted by atomic mass is 79.9. The Kier molecular flexibility index (Phi) is 7.91. The average Bonchev–Trinajstić information content (AvgIpc) is 2.94. The van der Waals surface area contributed by atoms with Gasteiger partial charge >= 0.3 is 0 Å². The van der Waals surface area contributed by atoms with Gasteiger partial charge < -0.3 is 9.74 Å². The molecular weight excluding hydrogens is 528 g/mol. The molecule has 194 valence electrons. The lowest BCUT2D eigenvalue weighted by Gasteiger charge is -2.49. The lowest BCUT2D eigenvalue weighted by Crippen LogP contribution is -2.56. The van der Waals surface area contributed by atoms with Crippen LogP contribution in [0.2, 0.25) is 0 Å². The molecule has 3 heterocycles. The first kappa shape index (κ1) is 25.9. The Morgan fingerprint density at radius 1 is 1.05 bits per heavy atom. The molecule has 5 rings (SSSR count). The van der Waals surface area contributed by atoms with Gasteiger partial charge in [-0.3, -0.25) is 14.7 Å². The summed E-state index contributed by atoms with van der Waals surface area (Å²) in [5, 5.41) is 5.47. The van der Waals surface area contributed by atoms with Crippen molar-refractivity contribution in [3.05, 3.63) is 76.4 Å². The third-order valence-electron chi connectivity index (χ3n) is 8.08. The van der Waals surface area contributed by atoms with Crippen LogP contribution in [-0.4, -0.2) is 64.7 Å². The summed E-state index contributed by atoms with van der Waals surface area (Å²) in [7, 11) is 0. The van der Waals surface area contributed by atoms with Crippen LogP contribution < -0.4 is 0 Å². The molecule has 7 heteroatoms. The van der Waals surface area contributed by atoms with Crippen LogP contribution in [0.15, 0.2) is 70.4 Å². The van der Waals surface area contributed by atoms with E-state index < -0.39 is 0 Å². The monoisotopic (exact) mass is 562 g/mol. The second kappa shape index (κ2) is 11.3. The molecular formula is C30H35BrN4O2. The molecule has 0 bridgehead atoms. The molecule has 6 nitrogen and oxygen atoms in total. The fraction of sp³-hybridized carbons (Fsp3) is 0.433. The molecule has 0 unspecified atom stereocenters. The minimum atomic E-state index is 0.108. The zero-order valence-electron chi connectivity index (χ0n) is 21.7. The van der Waals surface area contributed by atoms with E-state index in [1.165, 1.54) is 0 Å². The fourth-order valence-corrected chi connectivity index (χ4v) is 6.04. The Morgan fingerprint density at radius 2 is 1.78 bits per heavy atom. The summed E-state index contributed by atoms with van der Waals surface area (Å²) in [5.74, 6) is 0.500. The molecule has 0 saturated carbocycles. The van der Waals surface area contributed by atoms with Crippen LogP contribution in [0.25, 0.3) is 10.9 Å². The largest absolute Gasteiger partial charge is 0.396 e. The Bertz CT molecular complexity index is 1250. The van der Waals surface area contributed by atoms with Crippen LogP contribution >= 0.6 is 15.9 Å². The van der Waals surface area contributed by atoms with Crippen molar-refractivity contribution in [1.82, 2.24) is 14.8 Å². The van der Waals surface area contributed by atoms with Crippen LogP contribution in [0.4, 0.5) is 0 Å². The molecule has 2 saturated heterocycles.